The number of nitrogens with one attached hydrogen (secondary N) is 2. The van der Waals surface area contributed by atoms with Crippen molar-refractivity contribution in [2.24, 2.45) is 0 Å². The number of aromatic hydroxyl groups is 1. The van der Waals surface area contributed by atoms with E-state index in [9.17, 15) is 24.8 Å². The number of nitro groups is 1. The molecule has 9 heteroatoms. The van der Waals surface area contributed by atoms with Crippen LogP contribution in [0.15, 0.2) is 71.5 Å². The molecule has 0 unspecified atom stereocenters. The predicted octanol–water partition coefficient (Wildman–Crippen LogP) is 4.34. The van der Waals surface area contributed by atoms with E-state index in [1.807, 2.05) is 35.2 Å². The van der Waals surface area contributed by atoms with Gasteiger partial charge in [-0.15, -0.1) is 0 Å². The first-order valence-electron chi connectivity index (χ1n) is 11.7. The summed E-state index contributed by atoms with van der Waals surface area (Å²) in [5.41, 5.74) is 1.79. The quantitative estimate of drug-likeness (QED) is 0.276. The van der Waals surface area contributed by atoms with Crippen LogP contribution in [-0.2, 0) is 6.54 Å². The van der Waals surface area contributed by atoms with Gasteiger partial charge in [-0.3, -0.25) is 19.7 Å². The molecule has 5 rings (SSSR count). The number of amides is 1. The van der Waals surface area contributed by atoms with Crippen molar-refractivity contribution >= 4 is 28.2 Å². The van der Waals surface area contributed by atoms with Crippen LogP contribution in [0.4, 0.5) is 11.4 Å². The summed E-state index contributed by atoms with van der Waals surface area (Å²) in [6, 6.07) is 18.7. The first-order chi connectivity index (χ1) is 17.4. The number of fused-ring (bicyclic) bond motifs is 1. The zero-order chi connectivity index (χ0) is 25.2. The Balaban J connectivity index is 1.51. The van der Waals surface area contributed by atoms with E-state index in [1.165, 1.54) is 24.3 Å². The summed E-state index contributed by atoms with van der Waals surface area (Å²) in [5.74, 6) is -0.853. The second kappa shape index (κ2) is 9.53. The maximum Gasteiger partial charge on any atom is 0.293 e. The molecule has 1 aliphatic rings. The van der Waals surface area contributed by atoms with Crippen LogP contribution >= 0.6 is 0 Å². The highest BCUT2D eigenvalue weighted by Crippen LogP contribution is 2.36. The lowest BCUT2D eigenvalue weighted by molar-refractivity contribution is -0.384. The van der Waals surface area contributed by atoms with Gasteiger partial charge >= 0.3 is 0 Å². The molecule has 0 atom stereocenters. The van der Waals surface area contributed by atoms with E-state index in [4.69, 9.17) is 0 Å². The van der Waals surface area contributed by atoms with Gasteiger partial charge in [-0.25, -0.2) is 0 Å². The van der Waals surface area contributed by atoms with Crippen LogP contribution in [0.25, 0.3) is 22.2 Å². The number of nitro benzene ring substituents is 1. The average Bonchev–Trinajstić information content (AvgIpc) is 3.44. The van der Waals surface area contributed by atoms with Crippen molar-refractivity contribution in [1.82, 2.24) is 10.3 Å². The van der Waals surface area contributed by atoms with E-state index >= 15 is 0 Å². The minimum absolute atomic E-state index is 0.0606. The lowest BCUT2D eigenvalue weighted by Gasteiger charge is -2.18. The highest BCUT2D eigenvalue weighted by Gasteiger charge is 2.24. The lowest BCUT2D eigenvalue weighted by atomic mass is 10.0. The topological polar surface area (TPSA) is 129 Å². The molecule has 0 saturated carbocycles. The fraction of sp³-hybridized carbons (Fsp3) is 0.185. The van der Waals surface area contributed by atoms with Gasteiger partial charge in [0, 0.05) is 42.2 Å². The molecule has 0 radical (unpaired) electrons. The van der Waals surface area contributed by atoms with Gasteiger partial charge in [-0.05, 0) is 42.7 Å². The molecule has 0 aliphatic carbocycles. The van der Waals surface area contributed by atoms with Crippen molar-refractivity contribution in [1.29, 1.82) is 0 Å². The zero-order valence-electron chi connectivity index (χ0n) is 19.4. The Kier molecular flexibility index (Phi) is 6.12. The van der Waals surface area contributed by atoms with Crippen molar-refractivity contribution < 1.29 is 14.8 Å². The molecule has 9 nitrogen and oxygen atoms in total. The molecule has 0 spiro atoms. The number of anilines is 1. The van der Waals surface area contributed by atoms with E-state index in [2.05, 4.69) is 10.3 Å². The van der Waals surface area contributed by atoms with Gasteiger partial charge in [0.2, 0.25) is 5.43 Å². The number of pyridine rings is 1. The van der Waals surface area contributed by atoms with Crippen LogP contribution < -0.4 is 15.6 Å². The third-order valence-electron chi connectivity index (χ3n) is 6.44. The molecule has 3 N–H and O–H groups in total. The molecule has 2 heterocycles. The monoisotopic (exact) mass is 484 g/mol. The van der Waals surface area contributed by atoms with Gasteiger partial charge in [0.1, 0.15) is 5.69 Å². The van der Waals surface area contributed by atoms with Gasteiger partial charge in [0.05, 0.1) is 16.1 Å². The number of aromatic nitrogens is 1. The number of hydrogen-bond acceptors (Lipinski definition) is 6. The maximum absolute atomic E-state index is 12.9. The highest BCUT2D eigenvalue weighted by molar-refractivity contribution is 5.98. The maximum atomic E-state index is 12.9. The Morgan fingerprint density at radius 2 is 1.81 bits per heavy atom. The van der Waals surface area contributed by atoms with Crippen molar-refractivity contribution in [3.05, 3.63) is 98.2 Å². The summed E-state index contributed by atoms with van der Waals surface area (Å²) < 4.78 is 0. The van der Waals surface area contributed by atoms with E-state index in [0.717, 1.165) is 31.5 Å². The molecule has 1 saturated heterocycles. The Morgan fingerprint density at radius 3 is 2.53 bits per heavy atom. The summed E-state index contributed by atoms with van der Waals surface area (Å²) in [6.45, 7) is 1.84. The first kappa shape index (κ1) is 23.1. The van der Waals surface area contributed by atoms with Gasteiger partial charge < -0.3 is 20.3 Å². The normalized spacial score (nSPS) is 13.2. The number of benzene rings is 3. The number of nitrogens with zero attached hydrogens (tertiary/aromatic N) is 2. The van der Waals surface area contributed by atoms with Gasteiger partial charge in [-0.2, -0.15) is 0 Å². The van der Waals surface area contributed by atoms with Crippen molar-refractivity contribution in [2.75, 3.05) is 18.0 Å². The number of rotatable bonds is 6. The summed E-state index contributed by atoms with van der Waals surface area (Å²) in [6.07, 6.45) is 1.94. The molecule has 0 bridgehead atoms. The number of H-pyrrole nitrogens is 1. The fourth-order valence-corrected chi connectivity index (χ4v) is 4.56. The van der Waals surface area contributed by atoms with Crippen LogP contribution in [0.2, 0.25) is 0 Å². The molecular weight excluding hydrogens is 460 g/mol. The SMILES string of the molecule is O=C(NCc1ccccc1)c1ccc2c(=O)c(O)c(-c3ccc(N4CCCC4)c([N+](=O)[O-])c3)[nH]c2c1. The van der Waals surface area contributed by atoms with Gasteiger partial charge in [0.25, 0.3) is 11.6 Å². The molecule has 182 valence electrons. The third-order valence-corrected chi connectivity index (χ3v) is 6.44. The molecule has 1 fully saturated rings. The number of carbonyl (C=O) groups excluding carboxylic acids is 1. The second-order valence-electron chi connectivity index (χ2n) is 8.76. The summed E-state index contributed by atoms with van der Waals surface area (Å²) in [7, 11) is 0. The first-order valence-corrected chi connectivity index (χ1v) is 11.7. The van der Waals surface area contributed by atoms with E-state index in [0.29, 0.717) is 28.9 Å². The average molecular weight is 485 g/mol. The lowest BCUT2D eigenvalue weighted by Crippen LogP contribution is -2.22. The largest absolute Gasteiger partial charge is 0.503 e. The third kappa shape index (κ3) is 4.38. The summed E-state index contributed by atoms with van der Waals surface area (Å²) in [5, 5.41) is 25.5. The van der Waals surface area contributed by atoms with Crippen molar-refractivity contribution in [3.63, 3.8) is 0 Å². The smallest absolute Gasteiger partial charge is 0.293 e. The molecule has 36 heavy (non-hydrogen) atoms. The Morgan fingerprint density at radius 1 is 1.06 bits per heavy atom. The van der Waals surface area contributed by atoms with Gasteiger partial charge in [0.15, 0.2) is 5.75 Å². The Hall–Kier alpha value is -4.66. The van der Waals surface area contributed by atoms with Crippen molar-refractivity contribution in [3.8, 4) is 17.0 Å². The van der Waals surface area contributed by atoms with E-state index in [-0.39, 0.29) is 22.7 Å². The van der Waals surface area contributed by atoms with Gasteiger partial charge in [-0.1, -0.05) is 36.4 Å². The Bertz CT molecular complexity index is 1520. The highest BCUT2D eigenvalue weighted by atomic mass is 16.6. The van der Waals surface area contributed by atoms with Crippen LogP contribution in [0.1, 0.15) is 28.8 Å². The number of hydrogen-bond donors (Lipinski definition) is 3. The van der Waals surface area contributed by atoms with E-state index in [1.54, 1.807) is 12.1 Å². The van der Waals surface area contributed by atoms with Crippen LogP contribution in [-0.4, -0.2) is 34.0 Å². The zero-order valence-corrected chi connectivity index (χ0v) is 19.4. The molecule has 4 aromatic rings. The summed E-state index contributed by atoms with van der Waals surface area (Å²) in [4.78, 5) is 41.9. The minimum Gasteiger partial charge on any atom is -0.503 e. The molecule has 1 aliphatic heterocycles. The van der Waals surface area contributed by atoms with Crippen LogP contribution in [0.5, 0.6) is 5.75 Å². The standard InChI is InChI=1S/C27H24N4O5/c32-25-20-10-8-19(27(34)28-16-17-6-2-1-3-7-17)14-21(20)29-24(26(25)33)18-9-11-22(23(15-18)31(35)36)30-12-4-5-13-30/h1-3,6-11,14-15,33H,4-5,12-13,16H2,(H,28,34)(H,29,32). The molecule has 1 amide bonds. The number of aromatic amines is 1. The molecule has 1 aromatic heterocycles. The second-order valence-corrected chi connectivity index (χ2v) is 8.76. The minimum atomic E-state index is -0.624. The van der Waals surface area contributed by atoms with E-state index < -0.39 is 16.1 Å². The van der Waals surface area contributed by atoms with Crippen molar-refractivity contribution in [2.45, 2.75) is 19.4 Å². The fourth-order valence-electron chi connectivity index (χ4n) is 4.56. The van der Waals surface area contributed by atoms with Crippen LogP contribution in [0.3, 0.4) is 0 Å². The molecular formula is C27H24N4O5. The predicted molar refractivity (Wildman–Crippen MR) is 137 cm³/mol. The molecule has 3 aromatic carbocycles. The summed E-state index contributed by atoms with van der Waals surface area (Å²) >= 11 is 0. The number of carbonyl (C=O) groups is 1. The van der Waals surface area contributed by atoms with Crippen LogP contribution in [0, 0.1) is 10.1 Å². The Labute approximate surface area is 206 Å².